The summed E-state index contributed by atoms with van der Waals surface area (Å²) in [4.78, 5) is 18.9. The minimum atomic E-state index is -0.147. The molecular formula is C19H24ClN3O. The van der Waals surface area contributed by atoms with Gasteiger partial charge in [-0.15, -0.1) is 0 Å². The molecule has 4 nitrogen and oxygen atoms in total. The number of carbonyl (C=O) groups is 1. The fraction of sp³-hybridized carbons (Fsp3) is 0.368. The van der Waals surface area contributed by atoms with Crippen LogP contribution >= 0.6 is 11.6 Å². The van der Waals surface area contributed by atoms with E-state index >= 15 is 0 Å². The molecule has 0 bridgehead atoms. The SMILES string of the molecule is CCCN(CCC)c1ccc(C(=O)NCc2ccccc2Cl)cn1. The van der Waals surface area contributed by atoms with E-state index in [2.05, 4.69) is 29.0 Å². The number of rotatable bonds is 8. The van der Waals surface area contributed by atoms with Gasteiger partial charge in [-0.3, -0.25) is 4.79 Å². The Morgan fingerprint density at radius 3 is 2.42 bits per heavy atom. The molecule has 0 radical (unpaired) electrons. The Morgan fingerprint density at radius 1 is 1.12 bits per heavy atom. The van der Waals surface area contributed by atoms with E-state index in [0.717, 1.165) is 37.3 Å². The lowest BCUT2D eigenvalue weighted by Crippen LogP contribution is -2.26. The monoisotopic (exact) mass is 345 g/mol. The van der Waals surface area contributed by atoms with Gasteiger partial charge in [-0.1, -0.05) is 43.6 Å². The van der Waals surface area contributed by atoms with Crippen LogP contribution in [0.5, 0.6) is 0 Å². The van der Waals surface area contributed by atoms with Crippen LogP contribution in [0.25, 0.3) is 0 Å². The second kappa shape index (κ2) is 9.28. The second-order valence-corrected chi connectivity index (χ2v) is 6.07. The molecule has 0 atom stereocenters. The van der Waals surface area contributed by atoms with Gasteiger partial charge in [-0.25, -0.2) is 4.98 Å². The zero-order valence-corrected chi connectivity index (χ0v) is 15.0. The maximum atomic E-state index is 12.3. The highest BCUT2D eigenvalue weighted by Crippen LogP contribution is 2.15. The number of hydrogen-bond donors (Lipinski definition) is 1. The van der Waals surface area contributed by atoms with Gasteiger partial charge in [0, 0.05) is 30.9 Å². The van der Waals surface area contributed by atoms with E-state index in [1.54, 1.807) is 6.20 Å². The van der Waals surface area contributed by atoms with E-state index < -0.39 is 0 Å². The molecule has 2 rings (SSSR count). The smallest absolute Gasteiger partial charge is 0.253 e. The van der Waals surface area contributed by atoms with Crippen molar-refractivity contribution in [1.29, 1.82) is 0 Å². The second-order valence-electron chi connectivity index (χ2n) is 5.67. The molecule has 0 unspecified atom stereocenters. The Labute approximate surface area is 148 Å². The molecule has 0 aliphatic heterocycles. The number of aromatic nitrogens is 1. The molecule has 0 aliphatic rings. The normalized spacial score (nSPS) is 10.5. The standard InChI is InChI=1S/C19H24ClN3O/c1-3-11-23(12-4-2)18-10-9-16(14-21-18)19(24)22-13-15-7-5-6-8-17(15)20/h5-10,14H,3-4,11-13H2,1-2H3,(H,22,24). The van der Waals surface area contributed by atoms with E-state index in [4.69, 9.17) is 11.6 Å². The number of amides is 1. The molecule has 1 aromatic heterocycles. The lowest BCUT2D eigenvalue weighted by Gasteiger charge is -2.22. The van der Waals surface area contributed by atoms with Gasteiger partial charge in [0.15, 0.2) is 0 Å². The lowest BCUT2D eigenvalue weighted by atomic mass is 10.2. The fourth-order valence-electron chi connectivity index (χ4n) is 2.51. The number of hydrogen-bond acceptors (Lipinski definition) is 3. The van der Waals surface area contributed by atoms with Crippen LogP contribution in [0.2, 0.25) is 5.02 Å². The Hall–Kier alpha value is -2.07. The van der Waals surface area contributed by atoms with Crippen molar-refractivity contribution in [3.05, 3.63) is 58.7 Å². The van der Waals surface area contributed by atoms with Gasteiger partial charge < -0.3 is 10.2 Å². The molecule has 0 saturated carbocycles. The topological polar surface area (TPSA) is 45.2 Å². The Morgan fingerprint density at radius 2 is 1.83 bits per heavy atom. The Bertz CT molecular complexity index is 652. The van der Waals surface area contributed by atoms with Gasteiger partial charge in [-0.2, -0.15) is 0 Å². The van der Waals surface area contributed by atoms with E-state index in [-0.39, 0.29) is 5.91 Å². The molecule has 128 valence electrons. The summed E-state index contributed by atoms with van der Waals surface area (Å²) in [5.74, 6) is 0.771. The van der Waals surface area contributed by atoms with Crippen LogP contribution < -0.4 is 10.2 Å². The maximum absolute atomic E-state index is 12.3. The summed E-state index contributed by atoms with van der Waals surface area (Å²) < 4.78 is 0. The molecule has 1 heterocycles. The number of pyridine rings is 1. The minimum Gasteiger partial charge on any atom is -0.357 e. The van der Waals surface area contributed by atoms with Gasteiger partial charge in [0.05, 0.1) is 5.56 Å². The Kier molecular flexibility index (Phi) is 7.07. The van der Waals surface area contributed by atoms with Crippen molar-refractivity contribution in [3.8, 4) is 0 Å². The van der Waals surface area contributed by atoms with Crippen molar-refractivity contribution in [2.45, 2.75) is 33.2 Å². The van der Waals surface area contributed by atoms with E-state index in [1.807, 2.05) is 36.4 Å². The van der Waals surface area contributed by atoms with Crippen LogP contribution in [0.4, 0.5) is 5.82 Å². The van der Waals surface area contributed by atoms with Crippen LogP contribution in [-0.2, 0) is 6.54 Å². The average Bonchev–Trinajstić information content (AvgIpc) is 2.61. The molecule has 0 spiro atoms. The van der Waals surface area contributed by atoms with Crippen molar-refractivity contribution in [2.24, 2.45) is 0 Å². The summed E-state index contributed by atoms with van der Waals surface area (Å²) >= 11 is 6.10. The van der Waals surface area contributed by atoms with Crippen LogP contribution in [0.15, 0.2) is 42.6 Å². The van der Waals surface area contributed by atoms with Crippen molar-refractivity contribution < 1.29 is 4.79 Å². The van der Waals surface area contributed by atoms with Gasteiger partial charge >= 0.3 is 0 Å². The van der Waals surface area contributed by atoms with Crippen LogP contribution in [0.1, 0.15) is 42.6 Å². The van der Waals surface area contributed by atoms with Crippen LogP contribution in [-0.4, -0.2) is 24.0 Å². The number of halogens is 1. The summed E-state index contributed by atoms with van der Waals surface area (Å²) in [6.45, 7) is 6.65. The van der Waals surface area contributed by atoms with Crippen molar-refractivity contribution in [3.63, 3.8) is 0 Å². The van der Waals surface area contributed by atoms with Crippen molar-refractivity contribution >= 4 is 23.3 Å². The summed E-state index contributed by atoms with van der Waals surface area (Å²) in [5.41, 5.74) is 1.45. The number of benzene rings is 1. The number of nitrogens with one attached hydrogen (secondary N) is 1. The quantitative estimate of drug-likeness (QED) is 0.776. The molecular weight excluding hydrogens is 322 g/mol. The average molecular weight is 346 g/mol. The minimum absolute atomic E-state index is 0.147. The number of anilines is 1. The highest BCUT2D eigenvalue weighted by molar-refractivity contribution is 6.31. The first kappa shape index (κ1) is 18.3. The zero-order valence-electron chi connectivity index (χ0n) is 14.3. The van der Waals surface area contributed by atoms with E-state index in [0.29, 0.717) is 17.1 Å². The first-order chi connectivity index (χ1) is 11.7. The van der Waals surface area contributed by atoms with Gasteiger partial charge in [0.25, 0.3) is 5.91 Å². The molecule has 0 fully saturated rings. The van der Waals surface area contributed by atoms with Crippen molar-refractivity contribution in [1.82, 2.24) is 10.3 Å². The van der Waals surface area contributed by atoms with Crippen LogP contribution in [0, 0.1) is 0 Å². The van der Waals surface area contributed by atoms with Crippen molar-refractivity contribution in [2.75, 3.05) is 18.0 Å². The molecule has 1 amide bonds. The van der Waals surface area contributed by atoms with Gasteiger partial charge in [-0.05, 0) is 36.6 Å². The third-order valence-electron chi connectivity index (χ3n) is 3.72. The summed E-state index contributed by atoms with van der Waals surface area (Å²) in [7, 11) is 0. The predicted molar refractivity (Wildman–Crippen MR) is 99.7 cm³/mol. The fourth-order valence-corrected chi connectivity index (χ4v) is 2.71. The molecule has 0 saturated heterocycles. The molecule has 1 aromatic carbocycles. The molecule has 5 heteroatoms. The van der Waals surface area contributed by atoms with Crippen LogP contribution in [0.3, 0.4) is 0 Å². The first-order valence-corrected chi connectivity index (χ1v) is 8.76. The van der Waals surface area contributed by atoms with E-state index in [9.17, 15) is 4.79 Å². The summed E-state index contributed by atoms with van der Waals surface area (Å²) in [6.07, 6.45) is 3.78. The largest absolute Gasteiger partial charge is 0.357 e. The number of nitrogens with zero attached hydrogens (tertiary/aromatic N) is 2. The predicted octanol–water partition coefficient (Wildman–Crippen LogP) is 4.29. The third-order valence-corrected chi connectivity index (χ3v) is 4.09. The molecule has 24 heavy (non-hydrogen) atoms. The molecule has 2 aromatic rings. The summed E-state index contributed by atoms with van der Waals surface area (Å²) in [6, 6.07) is 11.2. The zero-order chi connectivity index (χ0) is 17.4. The summed E-state index contributed by atoms with van der Waals surface area (Å²) in [5, 5.41) is 3.53. The first-order valence-electron chi connectivity index (χ1n) is 8.38. The molecule has 1 N–H and O–H groups in total. The van der Waals surface area contributed by atoms with E-state index in [1.165, 1.54) is 0 Å². The Balaban J connectivity index is 1.99. The highest BCUT2D eigenvalue weighted by atomic mass is 35.5. The highest BCUT2D eigenvalue weighted by Gasteiger charge is 2.10. The van der Waals surface area contributed by atoms with Gasteiger partial charge in [0.1, 0.15) is 5.82 Å². The lowest BCUT2D eigenvalue weighted by molar-refractivity contribution is 0.0950. The number of carbonyl (C=O) groups excluding carboxylic acids is 1. The third kappa shape index (κ3) is 4.96. The maximum Gasteiger partial charge on any atom is 0.253 e. The van der Waals surface area contributed by atoms with Gasteiger partial charge in [0.2, 0.25) is 0 Å². The molecule has 0 aliphatic carbocycles.